The zero-order chi connectivity index (χ0) is 95.3. The molecule has 0 amide bonds. The zero-order valence-electron chi connectivity index (χ0n) is 79.4. The Balaban J connectivity index is 0.000000130. The molecule has 0 bridgehead atoms. The smallest absolute Gasteiger partial charge is 0.135 e. The van der Waals surface area contributed by atoms with Gasteiger partial charge in [-0.05, 0) is 336 Å². The Labute approximate surface area is 842 Å². The Hall–Kier alpha value is -18.9. The summed E-state index contributed by atoms with van der Waals surface area (Å²) in [6, 6.07) is 193. The molecule has 4 aliphatic carbocycles. The Bertz CT molecular complexity index is 10600. The fourth-order valence-corrected chi connectivity index (χ4v) is 27.7. The molecule has 0 saturated heterocycles. The van der Waals surface area contributed by atoms with E-state index >= 15 is 0 Å². The van der Waals surface area contributed by atoms with Gasteiger partial charge in [-0.25, -0.2) is 0 Å². The van der Waals surface area contributed by atoms with Crippen LogP contribution in [0.1, 0.15) is 44.5 Å². The van der Waals surface area contributed by atoms with Gasteiger partial charge >= 0.3 is 0 Å². The number of aromatic nitrogens is 1. The van der Waals surface area contributed by atoms with E-state index in [0.29, 0.717) is 0 Å². The summed E-state index contributed by atoms with van der Waals surface area (Å²) in [7, 11) is 0. The summed E-state index contributed by atoms with van der Waals surface area (Å²) in [6.07, 6.45) is 0. The normalized spacial score (nSPS) is 13.2. The van der Waals surface area contributed by atoms with Crippen LogP contribution in [-0.2, 0) is 10.8 Å². The SMILES string of the molecule is c1cc(-c2ccc3c4c(ccc3c2)-c2c(c3ccccc3c3ccccc23)C42c3ccccc3-c3ccccc32)cc(-c2c3ccccc3c(-c3ccc4oc5ccccc5c4c3)c3ccccc23)c1.c1ccc(-n2c3ccccc3c3cc(-c4c5ccccc5c(-c5cccc(-c6ccc7c8c(ccc7c6)-c6c(c7ccccc7c7ccccc67)C86c7ccccc7-c7ccccc76)c5)c5ccccc45)ccc32)cc1. The van der Waals surface area contributed by atoms with Crippen molar-refractivity contribution in [2.45, 2.75) is 10.8 Å². The van der Waals surface area contributed by atoms with E-state index in [-0.39, 0.29) is 0 Å². The zero-order valence-corrected chi connectivity index (χ0v) is 79.4. The fourth-order valence-electron chi connectivity index (χ4n) is 27.7. The standard InChI is InChI=1S/C75H45N.C69H40O/c1-2-21-51(22-3-1)76-68-36-17-14-27-57(68)65-45-50(39-42-69(65)76)71-61-31-9-7-29-59(61)70(60-30-8-10-32-62(60)71)49-20-18-19-46(44-49)47-37-40-52-48(43-47)38-41-64-72-58-28-6-4-23-53(58)54-24-5-11-33-63(54)74(72)75(73(52)64)66-34-15-12-25-55(66)56-26-13-16-35-67(56)75;1-3-23-52-47(18-1)48-19-2-8-28-57(48)68-66(52)58-36-33-43-38-42(32-35-46(43)67(58)69(68)60-29-12-9-20-49(60)50-21-10-13-30-61(50)69)41-16-15-17-44(39-41)64-53-24-4-6-26-55(53)65(56-27-7-5-25-54(56)64)45-34-37-63-59(40-45)51-22-11-14-31-62(51)70-63/h1-45H;1-40H. The first-order valence-corrected chi connectivity index (χ1v) is 51.0. The van der Waals surface area contributed by atoms with Crippen molar-refractivity contribution in [3.8, 4) is 117 Å². The van der Waals surface area contributed by atoms with Crippen LogP contribution in [0.5, 0.6) is 0 Å². The maximum atomic E-state index is 6.27. The van der Waals surface area contributed by atoms with E-state index in [9.17, 15) is 0 Å². The van der Waals surface area contributed by atoms with E-state index in [1.807, 2.05) is 6.07 Å². The second-order valence-electron chi connectivity index (χ2n) is 40.3. The van der Waals surface area contributed by atoms with E-state index < -0.39 is 10.8 Å². The van der Waals surface area contributed by atoms with Gasteiger partial charge in [-0.15, -0.1) is 0 Å². The molecule has 0 fully saturated rings. The lowest BCUT2D eigenvalue weighted by Crippen LogP contribution is -2.26. The summed E-state index contributed by atoms with van der Waals surface area (Å²) in [6.45, 7) is 0. The van der Waals surface area contributed by atoms with Gasteiger partial charge in [0.15, 0.2) is 0 Å². The van der Waals surface area contributed by atoms with Gasteiger partial charge in [0.1, 0.15) is 11.2 Å². The van der Waals surface area contributed by atoms with Crippen LogP contribution in [0.25, 0.3) is 268 Å². The van der Waals surface area contributed by atoms with Crippen molar-refractivity contribution >= 4 is 151 Å². The summed E-state index contributed by atoms with van der Waals surface area (Å²) in [4.78, 5) is 0. The average Bonchev–Trinajstić information content (AvgIpc) is 1.49. The predicted molar refractivity (Wildman–Crippen MR) is 615 cm³/mol. The minimum Gasteiger partial charge on any atom is -0.456 e. The molecule has 2 heterocycles. The van der Waals surface area contributed by atoms with Crippen molar-refractivity contribution in [1.29, 1.82) is 0 Å². The van der Waals surface area contributed by atoms with Gasteiger partial charge in [-0.1, -0.05) is 443 Å². The molecule has 0 saturated carbocycles. The van der Waals surface area contributed by atoms with Crippen LogP contribution in [0.4, 0.5) is 0 Å². The van der Waals surface area contributed by atoms with Gasteiger partial charge in [0, 0.05) is 27.2 Å². The lowest BCUT2D eigenvalue weighted by molar-refractivity contribution is 0.669. The highest BCUT2D eigenvalue weighted by molar-refractivity contribution is 6.28. The number of hydrogen-bond acceptors (Lipinski definition) is 1. The minimum atomic E-state index is -0.510. The highest BCUT2D eigenvalue weighted by Gasteiger charge is 2.56. The van der Waals surface area contributed by atoms with Crippen LogP contribution in [0.15, 0.2) is 520 Å². The first kappa shape index (κ1) is 80.9. The number of nitrogens with zero attached hydrogens (tertiary/aromatic N) is 1. The third-order valence-electron chi connectivity index (χ3n) is 33.3. The number of rotatable bonds is 7. The van der Waals surface area contributed by atoms with Gasteiger partial charge in [0.25, 0.3) is 0 Å². The molecule has 2 spiro atoms. The van der Waals surface area contributed by atoms with Crippen molar-refractivity contribution < 1.29 is 4.42 Å². The average molecular weight is 1850 g/mol. The van der Waals surface area contributed by atoms with Crippen LogP contribution >= 0.6 is 0 Å². The maximum absolute atomic E-state index is 6.27. The lowest BCUT2D eigenvalue weighted by Gasteiger charge is -2.32. The molecule has 4 aliphatic rings. The van der Waals surface area contributed by atoms with Crippen LogP contribution in [0.3, 0.4) is 0 Å². The Morgan fingerprint density at radius 3 is 0.863 bits per heavy atom. The number of benzene rings is 27. The highest BCUT2D eigenvalue weighted by Crippen LogP contribution is 2.70. The molecule has 27 aromatic carbocycles. The quantitative estimate of drug-likeness (QED) is 0.115. The van der Waals surface area contributed by atoms with E-state index in [1.165, 1.54) is 291 Å². The topological polar surface area (TPSA) is 18.1 Å². The molecule has 0 atom stereocenters. The third kappa shape index (κ3) is 11.1. The summed E-state index contributed by atoms with van der Waals surface area (Å²) < 4.78 is 8.67. The third-order valence-corrected chi connectivity index (χ3v) is 33.3. The molecule has 2 nitrogen and oxygen atoms in total. The molecule has 29 aromatic rings. The van der Waals surface area contributed by atoms with E-state index in [2.05, 4.69) is 514 Å². The van der Waals surface area contributed by atoms with Crippen LogP contribution < -0.4 is 0 Å². The van der Waals surface area contributed by atoms with Gasteiger partial charge < -0.3 is 8.98 Å². The van der Waals surface area contributed by atoms with Crippen molar-refractivity contribution in [1.82, 2.24) is 4.57 Å². The molecule has 33 rings (SSSR count). The molecule has 672 valence electrons. The lowest BCUT2D eigenvalue weighted by atomic mass is 9.68. The molecule has 0 unspecified atom stereocenters. The molecule has 0 radical (unpaired) electrons. The largest absolute Gasteiger partial charge is 0.456 e. The fraction of sp³-hybridized carbons (Fsp3) is 0.0139. The van der Waals surface area contributed by atoms with Crippen LogP contribution in [-0.4, -0.2) is 4.57 Å². The number of furan rings is 1. The van der Waals surface area contributed by atoms with Gasteiger partial charge in [0.05, 0.1) is 21.9 Å². The number of para-hydroxylation sites is 3. The van der Waals surface area contributed by atoms with Crippen LogP contribution in [0, 0.1) is 0 Å². The van der Waals surface area contributed by atoms with Gasteiger partial charge in [-0.2, -0.15) is 0 Å². The summed E-state index contributed by atoms with van der Waals surface area (Å²) in [5.74, 6) is 0. The highest BCUT2D eigenvalue weighted by atomic mass is 16.3. The second kappa shape index (κ2) is 30.8. The maximum Gasteiger partial charge on any atom is 0.135 e. The Morgan fingerprint density at radius 2 is 0.438 bits per heavy atom. The van der Waals surface area contributed by atoms with E-state index in [1.54, 1.807) is 0 Å². The monoisotopic (exact) mass is 1840 g/mol. The molecule has 2 aromatic heterocycles. The van der Waals surface area contributed by atoms with Gasteiger partial charge in [0.2, 0.25) is 0 Å². The molecule has 0 N–H and O–H groups in total. The Kier molecular flexibility index (Phi) is 17.1. The minimum absolute atomic E-state index is 0.505. The van der Waals surface area contributed by atoms with Crippen molar-refractivity contribution in [3.63, 3.8) is 0 Å². The van der Waals surface area contributed by atoms with E-state index in [4.69, 9.17) is 4.42 Å². The molecule has 0 aliphatic heterocycles. The first-order valence-electron chi connectivity index (χ1n) is 51.0. The van der Waals surface area contributed by atoms with Crippen molar-refractivity contribution in [2.24, 2.45) is 0 Å². The second-order valence-corrected chi connectivity index (χ2v) is 40.3. The van der Waals surface area contributed by atoms with E-state index in [0.717, 1.165) is 21.9 Å². The van der Waals surface area contributed by atoms with Gasteiger partial charge in [-0.3, -0.25) is 0 Å². The molecular weight excluding hydrogens is 1760 g/mol. The summed E-state index contributed by atoms with van der Waals surface area (Å²) in [5, 5.41) is 30.3. The number of hydrogen-bond donors (Lipinski definition) is 0. The predicted octanol–water partition coefficient (Wildman–Crippen LogP) is 38.6. The first-order chi connectivity index (χ1) is 72.5. The molecular formula is C144H85NO. The summed E-state index contributed by atoms with van der Waals surface area (Å²) in [5.41, 5.74) is 40.7. The van der Waals surface area contributed by atoms with Crippen LogP contribution in [0.2, 0.25) is 0 Å². The summed E-state index contributed by atoms with van der Waals surface area (Å²) >= 11 is 0. The molecule has 2 heteroatoms. The molecule has 146 heavy (non-hydrogen) atoms. The van der Waals surface area contributed by atoms with Crippen molar-refractivity contribution in [2.75, 3.05) is 0 Å². The number of fused-ring (bicyclic) bond motifs is 44. The Morgan fingerprint density at radius 1 is 0.144 bits per heavy atom. The van der Waals surface area contributed by atoms with Crippen molar-refractivity contribution in [3.05, 3.63) is 560 Å².